The lowest BCUT2D eigenvalue weighted by molar-refractivity contribution is -0.119. The number of aromatic nitrogens is 1. The molecular weight excluding hydrogens is 373 g/mol. The number of benzene rings is 1. The van der Waals surface area contributed by atoms with Gasteiger partial charge in [0.2, 0.25) is 17.2 Å². The predicted octanol–water partition coefficient (Wildman–Crippen LogP) is 1.26. The smallest absolute Gasteiger partial charge is 0.341 e. The first-order chi connectivity index (χ1) is 13.2. The van der Waals surface area contributed by atoms with Crippen molar-refractivity contribution in [2.24, 2.45) is 0 Å². The predicted molar refractivity (Wildman–Crippen MR) is 97.3 cm³/mol. The summed E-state index contributed by atoms with van der Waals surface area (Å²) in [6, 6.07) is 0.594. The van der Waals surface area contributed by atoms with Crippen LogP contribution in [0.4, 0.5) is 10.1 Å². The fourth-order valence-corrected chi connectivity index (χ4v) is 3.05. The normalized spacial score (nSPS) is 15.0. The van der Waals surface area contributed by atoms with Crippen LogP contribution >= 0.6 is 0 Å². The molecule has 28 heavy (non-hydrogen) atoms. The van der Waals surface area contributed by atoms with E-state index in [0.717, 1.165) is 6.07 Å². The molecule has 9 nitrogen and oxygen atoms in total. The van der Waals surface area contributed by atoms with E-state index in [1.807, 2.05) is 0 Å². The summed E-state index contributed by atoms with van der Waals surface area (Å²) in [6.07, 6.45) is 1.11. The number of nitrogens with one attached hydrogen (secondary N) is 2. The van der Waals surface area contributed by atoms with Gasteiger partial charge in [-0.3, -0.25) is 14.4 Å². The zero-order chi connectivity index (χ0) is 20.6. The molecule has 3 rings (SSSR count). The zero-order valence-electron chi connectivity index (χ0n) is 15.2. The Morgan fingerprint density at radius 1 is 1.39 bits per heavy atom. The van der Waals surface area contributed by atoms with E-state index in [1.54, 1.807) is 6.92 Å². The van der Waals surface area contributed by atoms with Gasteiger partial charge in [-0.2, -0.15) is 0 Å². The molecule has 0 aliphatic carbocycles. The summed E-state index contributed by atoms with van der Waals surface area (Å²) in [6.45, 7) is 3.25. The second-order valence-electron chi connectivity index (χ2n) is 6.48. The maximum Gasteiger partial charge on any atom is 0.341 e. The Kier molecular flexibility index (Phi) is 5.04. The monoisotopic (exact) mass is 391 g/mol. The lowest BCUT2D eigenvalue weighted by Crippen LogP contribution is -2.28. The molecule has 1 aromatic heterocycles. The number of carboxylic acids is 1. The topological polar surface area (TPSA) is 127 Å². The van der Waals surface area contributed by atoms with Crippen molar-refractivity contribution in [3.63, 3.8) is 0 Å². The number of amides is 2. The fourth-order valence-electron chi connectivity index (χ4n) is 3.05. The van der Waals surface area contributed by atoms with E-state index in [9.17, 15) is 28.7 Å². The minimum atomic E-state index is -1.41. The summed E-state index contributed by atoms with van der Waals surface area (Å²) in [4.78, 5) is 46.8. The van der Waals surface area contributed by atoms with Crippen LogP contribution in [-0.2, 0) is 9.59 Å². The van der Waals surface area contributed by atoms with Crippen molar-refractivity contribution in [2.75, 3.05) is 18.5 Å². The second kappa shape index (κ2) is 7.29. The highest BCUT2D eigenvalue weighted by molar-refractivity contribution is 6.01. The number of anilines is 1. The van der Waals surface area contributed by atoms with Crippen molar-refractivity contribution in [3.05, 3.63) is 33.9 Å². The maximum atomic E-state index is 14.7. The third-order valence-electron chi connectivity index (χ3n) is 4.39. The molecule has 1 aliphatic heterocycles. The lowest BCUT2D eigenvalue weighted by atomic mass is 10.1. The number of aromatic carboxylic acids is 1. The summed E-state index contributed by atoms with van der Waals surface area (Å²) >= 11 is 0. The molecule has 148 valence electrons. The van der Waals surface area contributed by atoms with E-state index >= 15 is 0 Å². The maximum absolute atomic E-state index is 14.7. The first-order valence-electron chi connectivity index (χ1n) is 8.52. The van der Waals surface area contributed by atoms with Crippen LogP contribution in [0.15, 0.2) is 17.1 Å². The van der Waals surface area contributed by atoms with Crippen molar-refractivity contribution in [2.45, 2.75) is 26.3 Å². The number of ether oxygens (including phenoxy) is 1. The van der Waals surface area contributed by atoms with Crippen molar-refractivity contribution >= 4 is 34.4 Å². The lowest BCUT2D eigenvalue weighted by Gasteiger charge is -2.28. The summed E-state index contributed by atoms with van der Waals surface area (Å²) < 4.78 is 21.8. The van der Waals surface area contributed by atoms with Crippen LogP contribution in [0.5, 0.6) is 5.75 Å². The molecule has 10 heteroatoms. The summed E-state index contributed by atoms with van der Waals surface area (Å²) in [5.41, 5.74) is -1.32. The molecule has 2 heterocycles. The highest BCUT2D eigenvalue weighted by Gasteiger charge is 2.28. The molecule has 1 aromatic carbocycles. The molecule has 1 atom stereocenters. The zero-order valence-corrected chi connectivity index (χ0v) is 15.2. The highest BCUT2D eigenvalue weighted by atomic mass is 19.1. The largest absolute Gasteiger partial charge is 0.487 e. The summed E-state index contributed by atoms with van der Waals surface area (Å²) in [5, 5.41) is 14.0. The molecular formula is C18H18FN3O6. The minimum absolute atomic E-state index is 0.0324. The Labute approximate surface area is 158 Å². The van der Waals surface area contributed by atoms with Crippen molar-refractivity contribution < 1.29 is 28.6 Å². The van der Waals surface area contributed by atoms with Gasteiger partial charge < -0.3 is 25.0 Å². The Balaban J connectivity index is 2.10. The van der Waals surface area contributed by atoms with Gasteiger partial charge in [-0.25, -0.2) is 9.18 Å². The van der Waals surface area contributed by atoms with Crippen LogP contribution in [-0.4, -0.2) is 40.6 Å². The van der Waals surface area contributed by atoms with Gasteiger partial charge in [0.25, 0.3) is 0 Å². The van der Waals surface area contributed by atoms with Crippen molar-refractivity contribution in [1.29, 1.82) is 0 Å². The van der Waals surface area contributed by atoms with Crippen LogP contribution in [0.3, 0.4) is 0 Å². The van der Waals surface area contributed by atoms with Gasteiger partial charge in [0.1, 0.15) is 17.9 Å². The number of nitrogens with zero attached hydrogens (tertiary/aromatic N) is 1. The number of hydrogen-bond acceptors (Lipinski definition) is 5. The fraction of sp³-hybridized carbons (Fsp3) is 0.333. The van der Waals surface area contributed by atoms with Crippen LogP contribution in [0, 0.1) is 5.82 Å². The molecule has 0 fully saturated rings. The molecule has 2 aromatic rings. The van der Waals surface area contributed by atoms with Gasteiger partial charge in [-0.1, -0.05) is 0 Å². The van der Waals surface area contributed by atoms with E-state index in [1.165, 1.54) is 17.7 Å². The molecule has 0 radical (unpaired) electrons. The van der Waals surface area contributed by atoms with Crippen LogP contribution < -0.4 is 20.8 Å². The summed E-state index contributed by atoms with van der Waals surface area (Å²) in [7, 11) is 0. The Hall–Kier alpha value is -3.43. The number of rotatable bonds is 5. The van der Waals surface area contributed by atoms with Gasteiger partial charge in [0.15, 0.2) is 11.6 Å². The van der Waals surface area contributed by atoms with Crippen molar-refractivity contribution in [1.82, 2.24) is 9.88 Å². The van der Waals surface area contributed by atoms with Crippen LogP contribution in [0.2, 0.25) is 0 Å². The van der Waals surface area contributed by atoms with Gasteiger partial charge >= 0.3 is 5.97 Å². The molecule has 1 aliphatic rings. The number of carbonyl (C=O) groups excluding carboxylic acids is 2. The van der Waals surface area contributed by atoms with Crippen LogP contribution in [0.1, 0.15) is 36.7 Å². The van der Waals surface area contributed by atoms with Gasteiger partial charge in [-0.15, -0.1) is 0 Å². The second-order valence-corrected chi connectivity index (χ2v) is 6.48. The van der Waals surface area contributed by atoms with Gasteiger partial charge in [-0.05, 0) is 13.0 Å². The molecule has 0 bridgehead atoms. The first-order valence-corrected chi connectivity index (χ1v) is 8.52. The third kappa shape index (κ3) is 3.40. The molecule has 0 spiro atoms. The quantitative estimate of drug-likeness (QED) is 0.704. The molecule has 0 unspecified atom stereocenters. The highest BCUT2D eigenvalue weighted by Crippen LogP contribution is 2.39. The van der Waals surface area contributed by atoms with E-state index in [2.05, 4.69) is 10.6 Å². The van der Waals surface area contributed by atoms with Crippen LogP contribution in [0.25, 0.3) is 10.9 Å². The standard InChI is InChI=1S/C18H18FN3O6/c1-8-7-28-17-14(21-13(24)3-4-20-9(2)23)12(19)5-10-15(17)22(8)6-11(16(10)25)18(26)27/h5-6,8H,3-4,7H2,1-2H3,(H,20,23)(H,21,24)(H,26,27)/t8-/m0/s1. The van der Waals surface area contributed by atoms with E-state index in [0.29, 0.717) is 0 Å². The Morgan fingerprint density at radius 3 is 2.75 bits per heavy atom. The van der Waals surface area contributed by atoms with E-state index in [-0.39, 0.29) is 53.9 Å². The number of carbonyl (C=O) groups is 3. The Bertz CT molecular complexity index is 1060. The average Bonchev–Trinajstić information content (AvgIpc) is 2.61. The SMILES string of the molecule is CC(=O)NCCC(=O)Nc1c(F)cc2c(=O)c(C(=O)O)cn3c2c1OC[C@@H]3C. The minimum Gasteiger partial charge on any atom is -0.487 e. The molecule has 2 amide bonds. The molecule has 3 N–H and O–H groups in total. The molecule has 0 saturated carbocycles. The number of carboxylic acid groups (broad SMARTS) is 1. The van der Waals surface area contributed by atoms with Crippen molar-refractivity contribution in [3.8, 4) is 5.75 Å². The first kappa shape index (κ1) is 19.3. The van der Waals surface area contributed by atoms with Gasteiger partial charge in [0.05, 0.1) is 16.9 Å². The molecule has 0 saturated heterocycles. The number of pyridine rings is 1. The summed E-state index contributed by atoms with van der Waals surface area (Å²) in [5.74, 6) is -3.21. The number of hydrogen-bond donors (Lipinski definition) is 3. The number of halogens is 1. The average molecular weight is 391 g/mol. The Morgan fingerprint density at radius 2 is 2.11 bits per heavy atom. The van der Waals surface area contributed by atoms with Gasteiger partial charge in [0, 0.05) is 26.1 Å². The third-order valence-corrected chi connectivity index (χ3v) is 4.39. The van der Waals surface area contributed by atoms with E-state index in [4.69, 9.17) is 4.74 Å². The van der Waals surface area contributed by atoms with E-state index < -0.39 is 28.7 Å².